The van der Waals surface area contributed by atoms with Crippen LogP contribution in [-0.2, 0) is 27.8 Å². The summed E-state index contributed by atoms with van der Waals surface area (Å²) in [5, 5.41) is 22.0. The molecule has 1 amide bonds. The van der Waals surface area contributed by atoms with E-state index in [-0.39, 0.29) is 29.6 Å². The number of methoxy groups -OCH3 is 1. The smallest absolute Gasteiger partial charge is 0.497 e. The molecule has 6 atom stereocenters. The lowest BCUT2D eigenvalue weighted by Gasteiger charge is -2.29. The molecule has 5 rings (SSSR count). The number of ether oxygens (including phenoxy) is 4. The molecule has 1 aromatic heterocycles. The number of aliphatic hydroxyl groups excluding tert-OH is 1. The number of hydrogen-bond donors (Lipinski definition) is 2. The first kappa shape index (κ1) is 34.5. The van der Waals surface area contributed by atoms with Crippen LogP contribution in [0.1, 0.15) is 35.8 Å². The highest BCUT2D eigenvalue weighted by molar-refractivity contribution is 7.49. The summed E-state index contributed by atoms with van der Waals surface area (Å²) in [7, 11) is -3.07. The first-order valence-corrected chi connectivity index (χ1v) is 16.4. The molecule has 250 valence electrons. The van der Waals surface area contributed by atoms with Crippen LogP contribution < -0.4 is 20.3 Å². The summed E-state index contributed by atoms with van der Waals surface area (Å²) in [5.41, 5.74) is -0.520. The Kier molecular flexibility index (Phi) is 11.6. The second-order valence-corrected chi connectivity index (χ2v) is 12.2. The zero-order valence-electron chi connectivity index (χ0n) is 25.1. The summed E-state index contributed by atoms with van der Waals surface area (Å²) in [6, 6.07) is 15.8. The summed E-state index contributed by atoms with van der Waals surface area (Å²) in [6.07, 6.45) is -3.34. The summed E-state index contributed by atoms with van der Waals surface area (Å²) >= 11 is 6.23. The van der Waals surface area contributed by atoms with Gasteiger partial charge in [-0.1, -0.05) is 23.7 Å². The van der Waals surface area contributed by atoms with Crippen LogP contribution in [0, 0.1) is 11.3 Å². The second kappa shape index (κ2) is 15.8. The lowest BCUT2D eigenvalue weighted by atomic mass is 10.1. The molecule has 2 saturated heterocycles. The average molecular weight is 691 g/mol. The molecule has 17 heteroatoms. The van der Waals surface area contributed by atoms with Crippen molar-refractivity contribution in [1.29, 1.82) is 5.26 Å². The maximum absolute atomic E-state index is 14.0. The van der Waals surface area contributed by atoms with E-state index in [0.29, 0.717) is 30.8 Å². The fraction of sp³-hybridized carbons (Fsp3) is 0.400. The molecule has 47 heavy (non-hydrogen) atoms. The summed E-state index contributed by atoms with van der Waals surface area (Å²) in [4.78, 5) is 30.0. The molecule has 2 N–H and O–H groups in total. The van der Waals surface area contributed by atoms with Crippen molar-refractivity contribution in [3.8, 4) is 17.6 Å². The summed E-state index contributed by atoms with van der Waals surface area (Å²) in [5.74, 6) is 0.0162. The Balaban J connectivity index is 1.42. The minimum atomic E-state index is -4.57. The van der Waals surface area contributed by atoms with E-state index in [1.165, 1.54) is 31.5 Å². The van der Waals surface area contributed by atoms with E-state index in [0.717, 1.165) is 4.57 Å². The number of carbonyl (C=O) groups is 1. The number of amides is 1. The molecule has 0 bridgehead atoms. The number of phosphoric ester groups is 1. The molecular weight excluding hydrogens is 659 g/mol. The van der Waals surface area contributed by atoms with Crippen molar-refractivity contribution < 1.29 is 47.0 Å². The highest BCUT2D eigenvalue weighted by Crippen LogP contribution is 2.54. The Labute approximate surface area is 274 Å². The van der Waals surface area contributed by atoms with Gasteiger partial charge < -0.3 is 33.9 Å². The van der Waals surface area contributed by atoms with Crippen molar-refractivity contribution in [2.24, 2.45) is 0 Å². The van der Waals surface area contributed by atoms with Crippen molar-refractivity contribution in [1.82, 2.24) is 9.55 Å². The van der Waals surface area contributed by atoms with E-state index in [2.05, 4.69) is 10.3 Å². The highest BCUT2D eigenvalue weighted by atomic mass is 35.5. The number of hydrogen-bond acceptors (Lipinski definition) is 13. The molecule has 2 aliphatic rings. The predicted molar refractivity (Wildman–Crippen MR) is 165 cm³/mol. The van der Waals surface area contributed by atoms with Crippen LogP contribution >= 0.6 is 19.4 Å². The quantitative estimate of drug-likeness (QED) is 0.182. The Morgan fingerprint density at radius 3 is 2.66 bits per heavy atom. The van der Waals surface area contributed by atoms with Crippen molar-refractivity contribution in [3.05, 3.63) is 81.9 Å². The number of phosphoric acid groups is 1. The summed E-state index contributed by atoms with van der Waals surface area (Å²) < 4.78 is 55.1. The number of halogens is 1. The number of nitrogens with one attached hydrogen (secondary N) is 1. The lowest BCUT2D eigenvalue weighted by molar-refractivity contribution is -0.181. The van der Waals surface area contributed by atoms with Crippen LogP contribution in [0.15, 0.2) is 65.6 Å². The van der Waals surface area contributed by atoms with Gasteiger partial charge in [-0.15, -0.1) is 0 Å². The third kappa shape index (κ3) is 8.55. The fourth-order valence-corrected chi connectivity index (χ4v) is 6.51. The summed E-state index contributed by atoms with van der Waals surface area (Å²) in [6.45, 7) is -0.536. The van der Waals surface area contributed by atoms with Gasteiger partial charge in [0.2, 0.25) is 0 Å². The molecule has 0 spiro atoms. The van der Waals surface area contributed by atoms with Gasteiger partial charge in [0, 0.05) is 24.8 Å². The Morgan fingerprint density at radius 1 is 1.21 bits per heavy atom. The van der Waals surface area contributed by atoms with Crippen LogP contribution in [0.4, 0.5) is 5.82 Å². The third-order valence-electron chi connectivity index (χ3n) is 7.12. The maximum Gasteiger partial charge on any atom is 0.530 e. The van der Waals surface area contributed by atoms with Crippen LogP contribution in [0.3, 0.4) is 0 Å². The number of carbonyl (C=O) groups excluding carboxylic acids is 1. The van der Waals surface area contributed by atoms with Gasteiger partial charge in [-0.25, -0.2) is 9.36 Å². The van der Waals surface area contributed by atoms with Gasteiger partial charge in [0.1, 0.15) is 35.6 Å². The van der Waals surface area contributed by atoms with Crippen molar-refractivity contribution in [2.45, 2.75) is 50.1 Å². The van der Waals surface area contributed by atoms with E-state index in [9.17, 15) is 19.3 Å². The first-order valence-electron chi connectivity index (χ1n) is 14.6. The maximum atomic E-state index is 14.0. The standard InChI is InChI=1S/C30H32ClN4O11P/c1-40-20-11-9-19(10-12-20)28(37)33-24-13-15-35(30(38)34-24)29-27(44-25-8-4-16-41-25)26(23(18-36)43-29)46-47(39,42-17-5-14-32)45-22-7-3-2-6-21(22)31/h2-3,6-7,9-13,15,23,25-27,29,36H,4-5,8,16-18H2,1H3,(H,33,34,37,38)/t23-,25?,26-,27-,29-,47?/m1/s1. The monoisotopic (exact) mass is 690 g/mol. The number of para-hydroxylation sites is 1. The number of nitriles is 1. The Hall–Kier alpha value is -3.84. The molecule has 3 heterocycles. The number of nitrogens with zero attached hydrogens (tertiary/aromatic N) is 3. The SMILES string of the molecule is COc1ccc(C(=O)Nc2ccn([C@@H]3O[C@H](CO)[C@@H](OP(=O)(OCCC#N)Oc4ccccc4Cl)[C@H]3OC3CCCO3)c(=O)n2)cc1. The molecule has 3 aromatic rings. The van der Waals surface area contributed by atoms with Crippen molar-refractivity contribution >= 4 is 31.1 Å². The molecule has 2 unspecified atom stereocenters. The van der Waals surface area contributed by atoms with Gasteiger partial charge in [-0.3, -0.25) is 18.4 Å². The molecule has 2 aromatic carbocycles. The topological polar surface area (TPSA) is 190 Å². The van der Waals surface area contributed by atoms with E-state index < -0.39 is 56.9 Å². The number of benzene rings is 2. The Bertz CT molecular complexity index is 1680. The largest absolute Gasteiger partial charge is 0.530 e. The van der Waals surface area contributed by atoms with Crippen LogP contribution in [0.5, 0.6) is 11.5 Å². The van der Waals surface area contributed by atoms with E-state index >= 15 is 0 Å². The Morgan fingerprint density at radius 2 is 2.00 bits per heavy atom. The number of rotatable bonds is 14. The van der Waals surface area contributed by atoms with Gasteiger partial charge in [-0.05, 0) is 48.9 Å². The van der Waals surface area contributed by atoms with Gasteiger partial charge in [0.05, 0.1) is 37.8 Å². The predicted octanol–water partition coefficient (Wildman–Crippen LogP) is 4.07. The first-order chi connectivity index (χ1) is 22.7. The zero-order valence-corrected chi connectivity index (χ0v) is 26.7. The number of aliphatic hydroxyl groups is 1. The minimum Gasteiger partial charge on any atom is -0.497 e. The second-order valence-electron chi connectivity index (χ2n) is 10.3. The molecule has 0 aliphatic carbocycles. The molecule has 2 fully saturated rings. The van der Waals surface area contributed by atoms with E-state index in [1.807, 2.05) is 6.07 Å². The van der Waals surface area contributed by atoms with Crippen LogP contribution in [0.2, 0.25) is 5.02 Å². The van der Waals surface area contributed by atoms with Crippen LogP contribution in [-0.4, -0.2) is 72.1 Å². The third-order valence-corrected chi connectivity index (χ3v) is 8.85. The van der Waals surface area contributed by atoms with E-state index in [1.54, 1.807) is 36.4 Å². The average Bonchev–Trinajstić information content (AvgIpc) is 3.70. The van der Waals surface area contributed by atoms with Gasteiger partial charge in [0.25, 0.3) is 5.91 Å². The fourth-order valence-electron chi connectivity index (χ4n) is 4.86. The molecular formula is C30H32ClN4O11P. The molecule has 0 radical (unpaired) electrons. The van der Waals surface area contributed by atoms with Gasteiger partial charge >= 0.3 is 13.5 Å². The number of anilines is 1. The number of aromatic nitrogens is 2. The van der Waals surface area contributed by atoms with Gasteiger partial charge in [-0.2, -0.15) is 10.2 Å². The van der Waals surface area contributed by atoms with Crippen LogP contribution in [0.25, 0.3) is 0 Å². The zero-order chi connectivity index (χ0) is 33.4. The van der Waals surface area contributed by atoms with Crippen molar-refractivity contribution in [3.63, 3.8) is 0 Å². The highest BCUT2D eigenvalue weighted by Gasteiger charge is 2.52. The lowest BCUT2D eigenvalue weighted by Crippen LogP contribution is -2.41. The molecule has 2 aliphatic heterocycles. The van der Waals surface area contributed by atoms with E-state index in [4.69, 9.17) is 49.4 Å². The molecule has 0 saturated carbocycles. The minimum absolute atomic E-state index is 0.0187. The van der Waals surface area contributed by atoms with Crippen molar-refractivity contribution in [2.75, 3.05) is 32.2 Å². The normalized spacial score (nSPS) is 23.5. The molecule has 15 nitrogen and oxygen atoms in total. The van der Waals surface area contributed by atoms with Gasteiger partial charge in [0.15, 0.2) is 12.5 Å².